The third kappa shape index (κ3) is 2.45. The normalized spacial score (nSPS) is 13.8. The summed E-state index contributed by atoms with van der Waals surface area (Å²) >= 11 is 0. The second-order valence-electron chi connectivity index (χ2n) is 4.80. The lowest BCUT2D eigenvalue weighted by molar-refractivity contribution is -0.121. The third-order valence-corrected chi connectivity index (χ3v) is 3.39. The molecular weight excluding hydrogens is 252 g/mol. The van der Waals surface area contributed by atoms with Gasteiger partial charge in [0.15, 0.2) is 6.61 Å². The topological polar surface area (TPSA) is 55.6 Å². The lowest BCUT2D eigenvalue weighted by Gasteiger charge is -2.29. The van der Waals surface area contributed by atoms with Crippen molar-refractivity contribution in [3.8, 4) is 5.75 Å². The Kier molecular flexibility index (Phi) is 3.29. The lowest BCUT2D eigenvalue weighted by Crippen LogP contribution is -2.40. The highest BCUT2D eigenvalue weighted by Gasteiger charge is 2.25. The average Bonchev–Trinajstić information content (AvgIpc) is 2.47. The zero-order valence-electron chi connectivity index (χ0n) is 11.1. The SMILES string of the molecule is Nc1ccc2c(c1)N(CCc1ccccc1)C(=O)CO2. The molecule has 1 aliphatic heterocycles. The first-order valence-electron chi connectivity index (χ1n) is 6.60. The van der Waals surface area contributed by atoms with Crippen LogP contribution in [0.15, 0.2) is 48.5 Å². The fourth-order valence-electron chi connectivity index (χ4n) is 2.35. The van der Waals surface area contributed by atoms with Gasteiger partial charge >= 0.3 is 0 Å². The summed E-state index contributed by atoms with van der Waals surface area (Å²) in [6.45, 7) is 0.717. The van der Waals surface area contributed by atoms with Crippen LogP contribution in [0.25, 0.3) is 0 Å². The second kappa shape index (κ2) is 5.25. The Morgan fingerprint density at radius 3 is 2.75 bits per heavy atom. The molecule has 0 unspecified atom stereocenters. The first-order chi connectivity index (χ1) is 9.74. The molecule has 1 heterocycles. The van der Waals surface area contributed by atoms with Crippen LogP contribution in [-0.2, 0) is 11.2 Å². The van der Waals surface area contributed by atoms with Crippen LogP contribution in [0.3, 0.4) is 0 Å². The smallest absolute Gasteiger partial charge is 0.265 e. The van der Waals surface area contributed by atoms with Crippen LogP contribution < -0.4 is 15.4 Å². The van der Waals surface area contributed by atoms with Gasteiger partial charge in [0.2, 0.25) is 0 Å². The second-order valence-corrected chi connectivity index (χ2v) is 4.80. The number of ether oxygens (including phenoxy) is 1. The van der Waals surface area contributed by atoms with Crippen molar-refractivity contribution in [2.75, 3.05) is 23.8 Å². The fraction of sp³-hybridized carbons (Fsp3) is 0.188. The summed E-state index contributed by atoms with van der Waals surface area (Å²) in [6.07, 6.45) is 0.806. The lowest BCUT2D eigenvalue weighted by atomic mass is 10.1. The highest BCUT2D eigenvalue weighted by atomic mass is 16.5. The van der Waals surface area contributed by atoms with E-state index in [9.17, 15) is 4.79 Å². The monoisotopic (exact) mass is 268 g/mol. The zero-order chi connectivity index (χ0) is 13.9. The molecule has 4 nitrogen and oxygen atoms in total. The maximum Gasteiger partial charge on any atom is 0.265 e. The summed E-state index contributed by atoms with van der Waals surface area (Å²) in [6, 6.07) is 15.5. The molecule has 0 saturated carbocycles. The molecule has 1 aliphatic rings. The number of carbonyl (C=O) groups is 1. The minimum Gasteiger partial charge on any atom is -0.482 e. The van der Waals surface area contributed by atoms with Crippen LogP contribution in [0.2, 0.25) is 0 Å². The first kappa shape index (κ1) is 12.5. The van der Waals surface area contributed by atoms with Crippen molar-refractivity contribution in [1.29, 1.82) is 0 Å². The Morgan fingerprint density at radius 1 is 1.15 bits per heavy atom. The number of hydrogen-bond acceptors (Lipinski definition) is 3. The molecule has 0 radical (unpaired) electrons. The average molecular weight is 268 g/mol. The largest absolute Gasteiger partial charge is 0.482 e. The number of amides is 1. The van der Waals surface area contributed by atoms with Crippen molar-refractivity contribution in [2.45, 2.75) is 6.42 Å². The summed E-state index contributed by atoms with van der Waals surface area (Å²) in [5.41, 5.74) is 8.40. The highest BCUT2D eigenvalue weighted by Crippen LogP contribution is 2.33. The molecule has 1 amide bonds. The molecular formula is C16H16N2O2. The van der Waals surface area contributed by atoms with E-state index in [1.807, 2.05) is 24.3 Å². The molecule has 0 aliphatic carbocycles. The Bertz CT molecular complexity index is 626. The summed E-state index contributed by atoms with van der Waals surface area (Å²) < 4.78 is 5.43. The van der Waals surface area contributed by atoms with Gasteiger partial charge in [-0.15, -0.1) is 0 Å². The summed E-state index contributed by atoms with van der Waals surface area (Å²) in [7, 11) is 0. The fourth-order valence-corrected chi connectivity index (χ4v) is 2.35. The van der Waals surface area contributed by atoms with Gasteiger partial charge in [0.1, 0.15) is 5.75 Å². The van der Waals surface area contributed by atoms with Crippen LogP contribution in [0, 0.1) is 0 Å². The minimum absolute atomic E-state index is 0.0287. The van der Waals surface area contributed by atoms with E-state index in [0.29, 0.717) is 18.0 Å². The van der Waals surface area contributed by atoms with Crippen molar-refractivity contribution >= 4 is 17.3 Å². The van der Waals surface area contributed by atoms with Gasteiger partial charge in [-0.05, 0) is 30.2 Å². The predicted molar refractivity (Wildman–Crippen MR) is 78.8 cm³/mol. The minimum atomic E-state index is -0.0287. The molecule has 0 saturated heterocycles. The molecule has 102 valence electrons. The molecule has 2 N–H and O–H groups in total. The maximum absolute atomic E-state index is 12.0. The van der Waals surface area contributed by atoms with Gasteiger partial charge in [-0.1, -0.05) is 30.3 Å². The maximum atomic E-state index is 12.0. The number of nitrogens with zero attached hydrogens (tertiary/aromatic N) is 1. The van der Waals surface area contributed by atoms with E-state index in [2.05, 4.69) is 12.1 Å². The Morgan fingerprint density at radius 2 is 1.95 bits per heavy atom. The molecule has 4 heteroatoms. The van der Waals surface area contributed by atoms with E-state index in [0.717, 1.165) is 12.1 Å². The van der Waals surface area contributed by atoms with Crippen LogP contribution in [0.5, 0.6) is 5.75 Å². The van der Waals surface area contributed by atoms with Crippen molar-refractivity contribution in [3.05, 3.63) is 54.1 Å². The zero-order valence-corrected chi connectivity index (χ0v) is 11.1. The number of anilines is 2. The van der Waals surface area contributed by atoms with Crippen LogP contribution >= 0.6 is 0 Å². The van der Waals surface area contributed by atoms with E-state index in [-0.39, 0.29) is 12.5 Å². The quantitative estimate of drug-likeness (QED) is 0.868. The molecule has 0 spiro atoms. The van der Waals surface area contributed by atoms with Crippen LogP contribution in [-0.4, -0.2) is 19.1 Å². The summed E-state index contributed by atoms with van der Waals surface area (Å²) in [5, 5.41) is 0. The number of nitrogens with two attached hydrogens (primary N) is 1. The van der Waals surface area contributed by atoms with Gasteiger partial charge in [-0.25, -0.2) is 0 Å². The Labute approximate surface area is 117 Å². The number of nitrogen functional groups attached to an aromatic ring is 1. The summed E-state index contributed by atoms with van der Waals surface area (Å²) in [4.78, 5) is 13.8. The van der Waals surface area contributed by atoms with Crippen LogP contribution in [0.1, 0.15) is 5.56 Å². The van der Waals surface area contributed by atoms with Gasteiger partial charge in [0.05, 0.1) is 5.69 Å². The van der Waals surface area contributed by atoms with Gasteiger partial charge in [0, 0.05) is 12.2 Å². The van der Waals surface area contributed by atoms with Crippen LogP contribution in [0.4, 0.5) is 11.4 Å². The van der Waals surface area contributed by atoms with Gasteiger partial charge in [-0.2, -0.15) is 0 Å². The molecule has 3 rings (SSSR count). The number of hydrogen-bond donors (Lipinski definition) is 1. The molecule has 0 aromatic heterocycles. The van der Waals surface area contributed by atoms with Crippen molar-refractivity contribution in [1.82, 2.24) is 0 Å². The molecule has 0 atom stereocenters. The number of fused-ring (bicyclic) bond motifs is 1. The summed E-state index contributed by atoms with van der Waals surface area (Å²) in [5.74, 6) is 0.686. The predicted octanol–water partition coefficient (Wildman–Crippen LogP) is 2.24. The van der Waals surface area contributed by atoms with Gasteiger partial charge in [0.25, 0.3) is 5.91 Å². The number of rotatable bonds is 3. The molecule has 0 bridgehead atoms. The van der Waals surface area contributed by atoms with E-state index >= 15 is 0 Å². The van der Waals surface area contributed by atoms with Gasteiger partial charge < -0.3 is 15.4 Å². The van der Waals surface area contributed by atoms with E-state index in [1.54, 1.807) is 17.0 Å². The molecule has 0 fully saturated rings. The highest BCUT2D eigenvalue weighted by molar-refractivity contribution is 5.98. The van der Waals surface area contributed by atoms with E-state index < -0.39 is 0 Å². The van der Waals surface area contributed by atoms with E-state index in [1.165, 1.54) is 5.56 Å². The molecule has 2 aromatic carbocycles. The van der Waals surface area contributed by atoms with Gasteiger partial charge in [-0.3, -0.25) is 4.79 Å². The van der Waals surface area contributed by atoms with Crippen molar-refractivity contribution in [3.63, 3.8) is 0 Å². The Hall–Kier alpha value is -2.49. The molecule has 20 heavy (non-hydrogen) atoms. The Balaban J connectivity index is 1.82. The first-order valence-corrected chi connectivity index (χ1v) is 6.60. The number of benzene rings is 2. The standard InChI is InChI=1S/C16H16N2O2/c17-13-6-7-15-14(10-13)18(16(19)11-20-15)9-8-12-4-2-1-3-5-12/h1-7,10H,8-9,11,17H2. The molecule has 2 aromatic rings. The van der Waals surface area contributed by atoms with Crippen molar-refractivity contribution in [2.24, 2.45) is 0 Å². The number of carbonyl (C=O) groups excluding carboxylic acids is 1. The van der Waals surface area contributed by atoms with Crippen molar-refractivity contribution < 1.29 is 9.53 Å². The third-order valence-electron chi connectivity index (χ3n) is 3.39. The van der Waals surface area contributed by atoms with E-state index in [4.69, 9.17) is 10.5 Å².